The highest BCUT2D eigenvalue weighted by molar-refractivity contribution is 5.99. The Labute approximate surface area is 125 Å². The summed E-state index contributed by atoms with van der Waals surface area (Å²) in [5.74, 6) is -0.0525. The van der Waals surface area contributed by atoms with E-state index >= 15 is 0 Å². The molecule has 1 atom stereocenters. The molecule has 1 heterocycles. The number of pyridine rings is 1. The molecule has 0 aliphatic rings. The van der Waals surface area contributed by atoms with Gasteiger partial charge >= 0.3 is 0 Å². The summed E-state index contributed by atoms with van der Waals surface area (Å²) in [4.78, 5) is 18.2. The molecule has 0 unspecified atom stereocenters. The Balaban J connectivity index is 2.50. The first kappa shape index (κ1) is 15.2. The van der Waals surface area contributed by atoms with E-state index in [0.29, 0.717) is 11.3 Å². The Morgan fingerprint density at radius 3 is 2.67 bits per heavy atom. The number of methoxy groups -OCH3 is 1. The van der Waals surface area contributed by atoms with Crippen LogP contribution >= 0.6 is 0 Å². The maximum absolute atomic E-state index is 12.3. The molecule has 110 valence electrons. The molecule has 2 rings (SSSR count). The van der Waals surface area contributed by atoms with E-state index in [1.54, 1.807) is 44.4 Å². The third-order valence-electron chi connectivity index (χ3n) is 3.43. The van der Waals surface area contributed by atoms with Gasteiger partial charge in [0.2, 0.25) is 0 Å². The van der Waals surface area contributed by atoms with Crippen molar-refractivity contribution in [3.8, 4) is 11.3 Å². The van der Waals surface area contributed by atoms with E-state index in [9.17, 15) is 4.79 Å². The summed E-state index contributed by atoms with van der Waals surface area (Å²) in [6.45, 7) is 1.99. The maximum atomic E-state index is 12.3. The number of rotatable bonds is 4. The SMILES string of the molecule is CO[C@@H](C)c1cccc(-c2ncccc2C(=O)N(C)C)c1. The highest BCUT2D eigenvalue weighted by atomic mass is 16.5. The third-order valence-corrected chi connectivity index (χ3v) is 3.43. The van der Waals surface area contributed by atoms with Gasteiger partial charge in [-0.2, -0.15) is 0 Å². The Morgan fingerprint density at radius 1 is 1.24 bits per heavy atom. The molecule has 1 aromatic carbocycles. The molecule has 0 aliphatic heterocycles. The second-order valence-corrected chi connectivity index (χ2v) is 5.10. The lowest BCUT2D eigenvalue weighted by molar-refractivity contribution is 0.0828. The van der Waals surface area contributed by atoms with Gasteiger partial charge in [0, 0.05) is 33.0 Å². The molecule has 4 nitrogen and oxygen atoms in total. The molecule has 0 aliphatic carbocycles. The van der Waals surface area contributed by atoms with Crippen molar-refractivity contribution >= 4 is 5.91 Å². The quantitative estimate of drug-likeness (QED) is 0.866. The van der Waals surface area contributed by atoms with Gasteiger partial charge in [-0.05, 0) is 30.7 Å². The predicted molar refractivity (Wildman–Crippen MR) is 83.1 cm³/mol. The first-order chi connectivity index (χ1) is 10.0. The first-order valence-electron chi connectivity index (χ1n) is 6.84. The van der Waals surface area contributed by atoms with Crippen LogP contribution in [0.25, 0.3) is 11.3 Å². The summed E-state index contributed by atoms with van der Waals surface area (Å²) in [6.07, 6.45) is 1.70. The normalized spacial score (nSPS) is 12.0. The van der Waals surface area contributed by atoms with E-state index in [2.05, 4.69) is 4.98 Å². The second-order valence-electron chi connectivity index (χ2n) is 5.10. The van der Waals surface area contributed by atoms with E-state index in [1.807, 2.05) is 31.2 Å². The van der Waals surface area contributed by atoms with Crippen molar-refractivity contribution in [3.63, 3.8) is 0 Å². The lowest BCUT2D eigenvalue weighted by Crippen LogP contribution is -2.22. The van der Waals surface area contributed by atoms with Crippen LogP contribution in [0.3, 0.4) is 0 Å². The second kappa shape index (κ2) is 6.50. The minimum Gasteiger partial charge on any atom is -0.377 e. The first-order valence-corrected chi connectivity index (χ1v) is 6.84. The Hall–Kier alpha value is -2.20. The summed E-state index contributed by atoms with van der Waals surface area (Å²) in [5, 5.41) is 0. The van der Waals surface area contributed by atoms with Gasteiger partial charge in [0.15, 0.2) is 0 Å². The van der Waals surface area contributed by atoms with Crippen molar-refractivity contribution < 1.29 is 9.53 Å². The van der Waals surface area contributed by atoms with Crippen LogP contribution in [0.5, 0.6) is 0 Å². The fraction of sp³-hybridized carbons (Fsp3) is 0.294. The van der Waals surface area contributed by atoms with Crippen LogP contribution in [-0.2, 0) is 4.74 Å². The van der Waals surface area contributed by atoms with Gasteiger partial charge in [-0.3, -0.25) is 9.78 Å². The van der Waals surface area contributed by atoms with Crippen LogP contribution in [0.15, 0.2) is 42.6 Å². The number of hydrogen-bond donors (Lipinski definition) is 0. The van der Waals surface area contributed by atoms with Crippen LogP contribution in [0, 0.1) is 0 Å². The molecule has 0 saturated heterocycles. The highest BCUT2D eigenvalue weighted by Gasteiger charge is 2.16. The van der Waals surface area contributed by atoms with E-state index in [-0.39, 0.29) is 12.0 Å². The van der Waals surface area contributed by atoms with Gasteiger partial charge in [-0.25, -0.2) is 0 Å². The van der Waals surface area contributed by atoms with Crippen LogP contribution in [0.4, 0.5) is 0 Å². The van der Waals surface area contributed by atoms with Crippen LogP contribution in [0.2, 0.25) is 0 Å². The minimum atomic E-state index is -0.0525. The molecule has 2 aromatic rings. The summed E-state index contributed by atoms with van der Waals surface area (Å²) in [5.41, 5.74) is 3.28. The zero-order chi connectivity index (χ0) is 15.4. The molecule has 4 heteroatoms. The van der Waals surface area contributed by atoms with Gasteiger partial charge in [0.25, 0.3) is 5.91 Å². The smallest absolute Gasteiger partial charge is 0.255 e. The molecule has 1 amide bonds. The lowest BCUT2D eigenvalue weighted by atomic mass is 10.0. The van der Waals surface area contributed by atoms with Gasteiger partial charge in [0.1, 0.15) is 0 Å². The Bertz CT molecular complexity index is 638. The average Bonchev–Trinajstić information content (AvgIpc) is 2.53. The average molecular weight is 284 g/mol. The Kier molecular flexibility index (Phi) is 4.70. The van der Waals surface area contributed by atoms with Crippen molar-refractivity contribution in [1.29, 1.82) is 0 Å². The van der Waals surface area contributed by atoms with Gasteiger partial charge in [-0.1, -0.05) is 18.2 Å². The molecule has 0 spiro atoms. The zero-order valence-corrected chi connectivity index (χ0v) is 12.8. The molecule has 0 N–H and O–H groups in total. The number of ether oxygens (including phenoxy) is 1. The number of carbonyl (C=O) groups is 1. The van der Waals surface area contributed by atoms with Gasteiger partial charge in [0.05, 0.1) is 17.4 Å². The number of carbonyl (C=O) groups excluding carboxylic acids is 1. The molecule has 1 aromatic heterocycles. The summed E-state index contributed by atoms with van der Waals surface area (Å²) >= 11 is 0. The van der Waals surface area contributed by atoms with Crippen molar-refractivity contribution in [2.45, 2.75) is 13.0 Å². The van der Waals surface area contributed by atoms with Crippen LogP contribution in [-0.4, -0.2) is 37.0 Å². The standard InChI is InChI=1S/C17H20N2O2/c1-12(21-4)13-7-5-8-14(11-13)16-15(9-6-10-18-16)17(20)19(2)3/h5-12H,1-4H3/t12-/m0/s1. The minimum absolute atomic E-state index is 0.00154. The summed E-state index contributed by atoms with van der Waals surface area (Å²) in [6, 6.07) is 11.5. The van der Waals surface area contributed by atoms with Gasteiger partial charge < -0.3 is 9.64 Å². The fourth-order valence-electron chi connectivity index (χ4n) is 2.12. The summed E-state index contributed by atoms with van der Waals surface area (Å²) < 4.78 is 5.35. The predicted octanol–water partition coefficient (Wildman–Crippen LogP) is 3.16. The van der Waals surface area contributed by atoms with E-state index in [0.717, 1.165) is 11.1 Å². The molecule has 21 heavy (non-hydrogen) atoms. The zero-order valence-electron chi connectivity index (χ0n) is 12.8. The molecular formula is C17H20N2O2. The van der Waals surface area contributed by atoms with E-state index in [1.165, 1.54) is 0 Å². The van der Waals surface area contributed by atoms with Crippen molar-refractivity contribution in [1.82, 2.24) is 9.88 Å². The largest absolute Gasteiger partial charge is 0.377 e. The fourth-order valence-corrected chi connectivity index (χ4v) is 2.12. The van der Waals surface area contributed by atoms with Crippen molar-refractivity contribution in [2.75, 3.05) is 21.2 Å². The molecule has 0 fully saturated rings. The topological polar surface area (TPSA) is 42.4 Å². The van der Waals surface area contributed by atoms with Gasteiger partial charge in [-0.15, -0.1) is 0 Å². The monoisotopic (exact) mass is 284 g/mol. The molecule has 0 bridgehead atoms. The van der Waals surface area contributed by atoms with Crippen LogP contribution < -0.4 is 0 Å². The number of nitrogens with zero attached hydrogens (tertiary/aromatic N) is 2. The number of aromatic nitrogens is 1. The summed E-state index contributed by atoms with van der Waals surface area (Å²) in [7, 11) is 5.16. The lowest BCUT2D eigenvalue weighted by Gasteiger charge is -2.15. The number of hydrogen-bond acceptors (Lipinski definition) is 3. The van der Waals surface area contributed by atoms with Crippen molar-refractivity contribution in [3.05, 3.63) is 53.7 Å². The third kappa shape index (κ3) is 3.28. The van der Waals surface area contributed by atoms with E-state index < -0.39 is 0 Å². The number of benzene rings is 1. The highest BCUT2D eigenvalue weighted by Crippen LogP contribution is 2.26. The molecular weight excluding hydrogens is 264 g/mol. The maximum Gasteiger partial charge on any atom is 0.255 e. The van der Waals surface area contributed by atoms with Crippen LogP contribution in [0.1, 0.15) is 28.9 Å². The van der Waals surface area contributed by atoms with Crippen molar-refractivity contribution in [2.24, 2.45) is 0 Å². The Morgan fingerprint density at radius 2 is 2.00 bits per heavy atom. The molecule has 0 radical (unpaired) electrons. The molecule has 0 saturated carbocycles. The number of amides is 1. The van der Waals surface area contributed by atoms with E-state index in [4.69, 9.17) is 4.74 Å².